The third kappa shape index (κ3) is 5.10. The number of benzene rings is 2. The fourth-order valence-electron chi connectivity index (χ4n) is 4.22. The number of nitrogens with zero attached hydrogens (tertiary/aromatic N) is 3. The van der Waals surface area contributed by atoms with Crippen molar-refractivity contribution in [2.24, 2.45) is 0 Å². The third-order valence-corrected chi connectivity index (χ3v) is 5.89. The Morgan fingerprint density at radius 3 is 2.65 bits per heavy atom. The number of carbonyl (C=O) groups is 1. The molecular weight excluding hydrogens is 426 g/mol. The molecule has 0 aliphatic heterocycles. The van der Waals surface area contributed by atoms with Crippen molar-refractivity contribution in [3.8, 4) is 22.9 Å². The molecule has 0 aliphatic carbocycles. The molecule has 0 bridgehead atoms. The first kappa shape index (κ1) is 23.1. The molecule has 2 aromatic heterocycles. The molecule has 172 valence electrons. The van der Waals surface area contributed by atoms with Gasteiger partial charge in [0, 0.05) is 17.7 Å². The van der Waals surface area contributed by atoms with E-state index in [0.29, 0.717) is 25.0 Å². The van der Waals surface area contributed by atoms with Crippen LogP contribution in [0.2, 0.25) is 0 Å². The van der Waals surface area contributed by atoms with Crippen LogP contribution in [0.1, 0.15) is 48.7 Å². The summed E-state index contributed by atoms with van der Waals surface area (Å²) >= 11 is 0. The number of ether oxygens (including phenoxy) is 1. The molecule has 0 fully saturated rings. The Morgan fingerprint density at radius 2 is 1.91 bits per heavy atom. The Hall–Kier alpha value is -4.11. The number of aromatic nitrogens is 2. The van der Waals surface area contributed by atoms with Gasteiger partial charge in [0.05, 0.1) is 17.1 Å². The van der Waals surface area contributed by atoms with Gasteiger partial charge in [-0.2, -0.15) is 10.4 Å². The highest BCUT2D eigenvalue weighted by Gasteiger charge is 2.19. The minimum absolute atomic E-state index is 0.135. The maximum absolute atomic E-state index is 11.0. The quantitative estimate of drug-likeness (QED) is 0.306. The lowest BCUT2D eigenvalue weighted by Crippen LogP contribution is -2.11. The minimum Gasteiger partial charge on any atom is -0.487 e. The van der Waals surface area contributed by atoms with Crippen LogP contribution in [0.15, 0.2) is 66.7 Å². The van der Waals surface area contributed by atoms with Gasteiger partial charge in [0.25, 0.3) is 0 Å². The summed E-state index contributed by atoms with van der Waals surface area (Å²) in [6.45, 7) is 2.39. The lowest BCUT2D eigenvalue weighted by atomic mass is 9.93. The molecular formula is C28H27N3O3. The number of fused-ring (bicyclic) bond motifs is 1. The van der Waals surface area contributed by atoms with Crippen molar-refractivity contribution in [1.29, 1.82) is 5.26 Å². The molecule has 0 saturated heterocycles. The largest absolute Gasteiger partial charge is 0.487 e. The molecule has 1 N–H and O–H groups in total. The summed E-state index contributed by atoms with van der Waals surface area (Å²) < 4.78 is 8.06. The van der Waals surface area contributed by atoms with Gasteiger partial charge < -0.3 is 9.84 Å². The summed E-state index contributed by atoms with van der Waals surface area (Å²) in [5, 5.41) is 23.5. The van der Waals surface area contributed by atoms with Crippen LogP contribution in [-0.4, -0.2) is 20.7 Å². The van der Waals surface area contributed by atoms with Crippen molar-refractivity contribution < 1.29 is 14.6 Å². The summed E-state index contributed by atoms with van der Waals surface area (Å²) in [5.74, 6) is -0.0280. The predicted octanol–water partition coefficient (Wildman–Crippen LogP) is 5.81. The van der Waals surface area contributed by atoms with E-state index in [9.17, 15) is 10.1 Å². The number of para-hydroxylation sites is 1. The second-order valence-electron chi connectivity index (χ2n) is 8.17. The lowest BCUT2D eigenvalue weighted by Gasteiger charge is -2.18. The molecule has 4 rings (SSSR count). The van der Waals surface area contributed by atoms with Crippen molar-refractivity contribution in [1.82, 2.24) is 9.61 Å². The summed E-state index contributed by atoms with van der Waals surface area (Å²) in [6, 6.07) is 23.6. The van der Waals surface area contributed by atoms with Crippen LogP contribution < -0.4 is 4.74 Å². The van der Waals surface area contributed by atoms with E-state index in [1.165, 1.54) is 0 Å². The number of aliphatic carboxylic acids is 1. The molecule has 6 nitrogen and oxygen atoms in total. The first-order valence-electron chi connectivity index (χ1n) is 11.5. The van der Waals surface area contributed by atoms with Gasteiger partial charge in [0.1, 0.15) is 18.1 Å². The second kappa shape index (κ2) is 10.7. The van der Waals surface area contributed by atoms with E-state index in [1.54, 1.807) is 6.07 Å². The Labute approximate surface area is 199 Å². The topological polar surface area (TPSA) is 87.6 Å². The zero-order valence-corrected chi connectivity index (χ0v) is 19.2. The van der Waals surface area contributed by atoms with Gasteiger partial charge in [-0.1, -0.05) is 37.3 Å². The van der Waals surface area contributed by atoms with Crippen LogP contribution in [0.3, 0.4) is 0 Å². The van der Waals surface area contributed by atoms with Crippen molar-refractivity contribution in [3.63, 3.8) is 0 Å². The molecule has 2 heterocycles. The molecule has 0 saturated carbocycles. The standard InChI is InChI=1S/C28H27N3O3/c1-2-22-15-16-26-28(21-10-8-9-20(17-21)18-29)24(13-6-7-14-27(32)33)25(30-31(22)26)19-34-23-11-4-3-5-12-23/h3-5,8-12,15-17H,2,6-7,13-14,19H2,1H3,(H,32,33). The van der Waals surface area contributed by atoms with E-state index in [-0.39, 0.29) is 6.42 Å². The minimum atomic E-state index is -0.790. The van der Waals surface area contributed by atoms with E-state index in [0.717, 1.165) is 52.2 Å². The van der Waals surface area contributed by atoms with Gasteiger partial charge in [0.2, 0.25) is 0 Å². The van der Waals surface area contributed by atoms with Gasteiger partial charge in [-0.25, -0.2) is 4.52 Å². The van der Waals surface area contributed by atoms with Gasteiger partial charge in [-0.3, -0.25) is 4.79 Å². The van der Waals surface area contributed by atoms with Gasteiger partial charge >= 0.3 is 5.97 Å². The normalized spacial score (nSPS) is 10.8. The molecule has 6 heteroatoms. The molecule has 0 atom stereocenters. The smallest absolute Gasteiger partial charge is 0.303 e. The van der Waals surface area contributed by atoms with Crippen LogP contribution in [0.4, 0.5) is 0 Å². The highest BCUT2D eigenvalue weighted by Crippen LogP contribution is 2.33. The van der Waals surface area contributed by atoms with Crippen molar-refractivity contribution >= 4 is 11.5 Å². The molecule has 34 heavy (non-hydrogen) atoms. The zero-order valence-electron chi connectivity index (χ0n) is 19.2. The Kier molecular flexibility index (Phi) is 7.24. The maximum Gasteiger partial charge on any atom is 0.303 e. The molecule has 0 unspecified atom stereocenters. The van der Waals surface area contributed by atoms with E-state index >= 15 is 0 Å². The maximum atomic E-state index is 11.0. The first-order chi connectivity index (χ1) is 16.6. The summed E-state index contributed by atoms with van der Waals surface area (Å²) in [4.78, 5) is 11.0. The average Bonchev–Trinajstić information content (AvgIpc) is 3.28. The third-order valence-electron chi connectivity index (χ3n) is 5.89. The molecule has 0 spiro atoms. The fraction of sp³-hybridized carbons (Fsp3) is 0.250. The van der Waals surface area contributed by atoms with E-state index in [1.807, 2.05) is 53.0 Å². The Bertz CT molecular complexity index is 1340. The summed E-state index contributed by atoms with van der Waals surface area (Å²) in [6.07, 6.45) is 2.93. The first-order valence-corrected chi connectivity index (χ1v) is 11.5. The van der Waals surface area contributed by atoms with E-state index < -0.39 is 5.97 Å². The molecule has 4 aromatic rings. The fourth-order valence-corrected chi connectivity index (χ4v) is 4.22. The van der Waals surface area contributed by atoms with Crippen molar-refractivity contribution in [3.05, 3.63) is 89.2 Å². The highest BCUT2D eigenvalue weighted by atomic mass is 16.5. The number of rotatable bonds is 10. The number of hydrogen-bond acceptors (Lipinski definition) is 4. The Balaban J connectivity index is 1.85. The SMILES string of the molecule is CCc1ccc2c(-c3cccc(C#N)c3)c(CCCCC(=O)O)c(COc3ccccc3)nn12. The average molecular weight is 454 g/mol. The van der Waals surface area contributed by atoms with Crippen LogP contribution in [0, 0.1) is 11.3 Å². The monoisotopic (exact) mass is 453 g/mol. The number of hydrogen-bond donors (Lipinski definition) is 1. The number of unbranched alkanes of at least 4 members (excludes halogenated alkanes) is 1. The number of carboxylic acid groups (broad SMARTS) is 1. The van der Waals surface area contributed by atoms with Crippen LogP contribution in [0.25, 0.3) is 16.6 Å². The summed E-state index contributed by atoms with van der Waals surface area (Å²) in [5.41, 5.74) is 6.47. The predicted molar refractivity (Wildman–Crippen MR) is 131 cm³/mol. The molecule has 0 aliphatic rings. The molecule has 2 aromatic carbocycles. The van der Waals surface area contributed by atoms with Crippen LogP contribution in [0.5, 0.6) is 5.75 Å². The number of aryl methyl sites for hydroxylation is 1. The molecule has 0 radical (unpaired) electrons. The highest BCUT2D eigenvalue weighted by molar-refractivity contribution is 5.84. The van der Waals surface area contributed by atoms with E-state index in [4.69, 9.17) is 14.9 Å². The number of nitriles is 1. The van der Waals surface area contributed by atoms with Crippen LogP contribution in [-0.2, 0) is 24.2 Å². The Morgan fingerprint density at radius 1 is 1.09 bits per heavy atom. The van der Waals surface area contributed by atoms with Gasteiger partial charge in [-0.05, 0) is 73.2 Å². The zero-order chi connectivity index (χ0) is 23.9. The lowest BCUT2D eigenvalue weighted by molar-refractivity contribution is -0.137. The second-order valence-corrected chi connectivity index (χ2v) is 8.17. The van der Waals surface area contributed by atoms with E-state index in [2.05, 4.69) is 25.1 Å². The van der Waals surface area contributed by atoms with Gasteiger partial charge in [0.15, 0.2) is 0 Å². The van der Waals surface area contributed by atoms with Gasteiger partial charge in [-0.15, -0.1) is 0 Å². The van der Waals surface area contributed by atoms with Crippen molar-refractivity contribution in [2.75, 3.05) is 0 Å². The van der Waals surface area contributed by atoms with Crippen molar-refractivity contribution in [2.45, 2.75) is 45.6 Å². The molecule has 0 amide bonds. The number of carboxylic acids is 1. The summed E-state index contributed by atoms with van der Waals surface area (Å²) in [7, 11) is 0. The van der Waals surface area contributed by atoms with Crippen LogP contribution >= 0.6 is 0 Å².